The topological polar surface area (TPSA) is 43.1 Å². The smallest absolute Gasteiger partial charge is 0.147 e. The zero-order chi connectivity index (χ0) is 14.8. The number of anilines is 1. The monoisotopic (exact) mass is 267 g/mol. The summed E-state index contributed by atoms with van der Waals surface area (Å²) in [5.41, 5.74) is 9.18. The first-order valence-electron chi connectivity index (χ1n) is 6.85. The number of hydrogen-bond donors (Lipinski definition) is 1. The lowest BCUT2D eigenvalue weighted by atomic mass is 9.78. The van der Waals surface area contributed by atoms with Crippen molar-refractivity contribution in [2.75, 3.05) is 5.73 Å². The first-order chi connectivity index (χ1) is 9.41. The molecule has 0 saturated carbocycles. The number of rotatable bonds is 4. The summed E-state index contributed by atoms with van der Waals surface area (Å²) in [7, 11) is 0. The molecule has 0 saturated heterocycles. The number of hydrogen-bond acceptors (Lipinski definition) is 2. The first-order valence-corrected chi connectivity index (χ1v) is 6.85. The number of carbonyl (C=O) groups is 1. The van der Waals surface area contributed by atoms with Crippen LogP contribution < -0.4 is 5.73 Å². The Labute approximate surface area is 120 Å². The molecule has 0 aromatic heterocycles. The molecule has 20 heavy (non-hydrogen) atoms. The van der Waals surface area contributed by atoms with Crippen molar-refractivity contribution in [3.8, 4) is 0 Å². The van der Waals surface area contributed by atoms with Crippen LogP contribution in [0.2, 0.25) is 0 Å². The molecule has 0 radical (unpaired) electrons. The van der Waals surface area contributed by atoms with E-state index in [1.807, 2.05) is 69.3 Å². The van der Waals surface area contributed by atoms with Crippen LogP contribution in [-0.2, 0) is 16.6 Å². The molecule has 104 valence electrons. The lowest BCUT2D eigenvalue weighted by Gasteiger charge is -2.24. The van der Waals surface area contributed by atoms with E-state index in [1.54, 1.807) is 0 Å². The minimum Gasteiger partial charge on any atom is -0.399 e. The van der Waals surface area contributed by atoms with Crippen LogP contribution in [0.4, 0.5) is 5.69 Å². The molecule has 2 N–H and O–H groups in total. The van der Waals surface area contributed by atoms with E-state index in [0.717, 1.165) is 22.4 Å². The summed E-state index contributed by atoms with van der Waals surface area (Å²) in [6.07, 6.45) is 0.462. The predicted molar refractivity (Wildman–Crippen MR) is 83.8 cm³/mol. The lowest BCUT2D eigenvalue weighted by Crippen LogP contribution is -2.30. The standard InChI is InChI=1S/C18H21NO/c1-13-6-4-5-7-14(13)12-17(20)18(2,3)15-8-10-16(19)11-9-15/h4-11H,12,19H2,1-3H3. The van der Waals surface area contributed by atoms with E-state index in [2.05, 4.69) is 0 Å². The highest BCUT2D eigenvalue weighted by Crippen LogP contribution is 2.27. The molecular formula is C18H21NO. The normalized spacial score (nSPS) is 11.3. The second-order valence-corrected chi connectivity index (χ2v) is 5.77. The van der Waals surface area contributed by atoms with Crippen LogP contribution in [0.25, 0.3) is 0 Å². The fourth-order valence-electron chi connectivity index (χ4n) is 2.26. The van der Waals surface area contributed by atoms with E-state index in [-0.39, 0.29) is 5.78 Å². The molecule has 0 heterocycles. The molecular weight excluding hydrogens is 246 g/mol. The van der Waals surface area contributed by atoms with Crippen molar-refractivity contribution in [3.05, 3.63) is 65.2 Å². The van der Waals surface area contributed by atoms with Gasteiger partial charge < -0.3 is 5.73 Å². The zero-order valence-corrected chi connectivity index (χ0v) is 12.3. The van der Waals surface area contributed by atoms with Gasteiger partial charge in [-0.25, -0.2) is 0 Å². The van der Waals surface area contributed by atoms with E-state index in [1.165, 1.54) is 0 Å². The Balaban J connectivity index is 2.23. The lowest BCUT2D eigenvalue weighted by molar-refractivity contribution is -0.122. The average molecular weight is 267 g/mol. The number of nitrogen functional groups attached to an aromatic ring is 1. The quantitative estimate of drug-likeness (QED) is 0.859. The van der Waals surface area contributed by atoms with Gasteiger partial charge in [0.25, 0.3) is 0 Å². The number of nitrogens with two attached hydrogens (primary N) is 1. The molecule has 0 bridgehead atoms. The zero-order valence-electron chi connectivity index (χ0n) is 12.3. The number of Topliss-reactive ketones (excluding diaryl/α,β-unsaturated/α-hetero) is 1. The molecule has 0 aliphatic heterocycles. The van der Waals surface area contributed by atoms with E-state index in [9.17, 15) is 4.79 Å². The first kappa shape index (κ1) is 14.3. The molecule has 0 unspecified atom stereocenters. The van der Waals surface area contributed by atoms with E-state index < -0.39 is 5.41 Å². The Morgan fingerprint density at radius 1 is 1.05 bits per heavy atom. The van der Waals surface area contributed by atoms with Crippen molar-refractivity contribution in [3.63, 3.8) is 0 Å². The summed E-state index contributed by atoms with van der Waals surface area (Å²) < 4.78 is 0. The third-order valence-corrected chi connectivity index (χ3v) is 3.94. The van der Waals surface area contributed by atoms with Gasteiger partial charge in [-0.1, -0.05) is 36.4 Å². The van der Waals surface area contributed by atoms with Crippen LogP contribution in [0.3, 0.4) is 0 Å². The van der Waals surface area contributed by atoms with Gasteiger partial charge in [0.05, 0.1) is 0 Å². The van der Waals surface area contributed by atoms with Crippen LogP contribution in [0.1, 0.15) is 30.5 Å². The minimum atomic E-state index is -0.504. The van der Waals surface area contributed by atoms with E-state index >= 15 is 0 Å². The van der Waals surface area contributed by atoms with Gasteiger partial charge in [0.2, 0.25) is 0 Å². The summed E-state index contributed by atoms with van der Waals surface area (Å²) in [4.78, 5) is 12.6. The third-order valence-electron chi connectivity index (χ3n) is 3.94. The van der Waals surface area contributed by atoms with Gasteiger partial charge in [-0.3, -0.25) is 4.79 Å². The SMILES string of the molecule is Cc1ccccc1CC(=O)C(C)(C)c1ccc(N)cc1. The van der Waals surface area contributed by atoms with Crippen LogP contribution >= 0.6 is 0 Å². The Kier molecular flexibility index (Phi) is 3.93. The van der Waals surface area contributed by atoms with Crippen molar-refractivity contribution in [2.45, 2.75) is 32.6 Å². The molecule has 0 fully saturated rings. The molecule has 0 aliphatic rings. The molecule has 0 amide bonds. The summed E-state index contributed by atoms with van der Waals surface area (Å²) in [5.74, 6) is 0.219. The Bertz CT molecular complexity index is 612. The minimum absolute atomic E-state index is 0.219. The van der Waals surface area contributed by atoms with Gasteiger partial charge >= 0.3 is 0 Å². The summed E-state index contributed by atoms with van der Waals surface area (Å²) in [6, 6.07) is 15.6. The van der Waals surface area contributed by atoms with Crippen LogP contribution in [-0.4, -0.2) is 5.78 Å². The molecule has 2 aromatic rings. The molecule has 2 aromatic carbocycles. The maximum atomic E-state index is 12.6. The van der Waals surface area contributed by atoms with Gasteiger partial charge in [-0.05, 0) is 49.6 Å². The van der Waals surface area contributed by atoms with E-state index in [4.69, 9.17) is 5.73 Å². The number of carbonyl (C=O) groups excluding carboxylic acids is 1. The van der Waals surface area contributed by atoms with Gasteiger partial charge in [0, 0.05) is 17.5 Å². The molecule has 2 rings (SSSR count). The summed E-state index contributed by atoms with van der Waals surface area (Å²) in [6.45, 7) is 5.98. The predicted octanol–water partition coefficient (Wildman–Crippen LogP) is 3.67. The van der Waals surface area contributed by atoms with Gasteiger partial charge in [-0.2, -0.15) is 0 Å². The van der Waals surface area contributed by atoms with Crippen molar-refractivity contribution < 1.29 is 4.79 Å². The number of aryl methyl sites for hydroxylation is 1. The van der Waals surface area contributed by atoms with Crippen LogP contribution in [0.5, 0.6) is 0 Å². The summed E-state index contributed by atoms with van der Waals surface area (Å²) in [5, 5.41) is 0. The maximum Gasteiger partial charge on any atom is 0.147 e. The third kappa shape index (κ3) is 2.90. The van der Waals surface area contributed by atoms with Crippen molar-refractivity contribution in [1.82, 2.24) is 0 Å². The summed E-state index contributed by atoms with van der Waals surface area (Å²) >= 11 is 0. The second kappa shape index (κ2) is 5.49. The molecule has 2 heteroatoms. The van der Waals surface area contributed by atoms with Crippen molar-refractivity contribution in [2.24, 2.45) is 0 Å². The highest BCUT2D eigenvalue weighted by molar-refractivity contribution is 5.91. The Hall–Kier alpha value is -2.09. The van der Waals surface area contributed by atoms with Crippen molar-refractivity contribution >= 4 is 11.5 Å². The highest BCUT2D eigenvalue weighted by Gasteiger charge is 2.29. The molecule has 0 spiro atoms. The Morgan fingerprint density at radius 2 is 1.65 bits per heavy atom. The fourth-order valence-corrected chi connectivity index (χ4v) is 2.26. The van der Waals surface area contributed by atoms with Crippen LogP contribution in [0, 0.1) is 6.92 Å². The largest absolute Gasteiger partial charge is 0.399 e. The van der Waals surface area contributed by atoms with Crippen molar-refractivity contribution in [1.29, 1.82) is 0 Å². The fraction of sp³-hybridized carbons (Fsp3) is 0.278. The molecule has 0 aliphatic carbocycles. The van der Waals surface area contributed by atoms with Gasteiger partial charge in [0.1, 0.15) is 5.78 Å². The Morgan fingerprint density at radius 3 is 2.25 bits per heavy atom. The average Bonchev–Trinajstić information content (AvgIpc) is 2.41. The van der Waals surface area contributed by atoms with Gasteiger partial charge in [0.15, 0.2) is 0 Å². The second-order valence-electron chi connectivity index (χ2n) is 5.77. The maximum absolute atomic E-state index is 12.6. The van der Waals surface area contributed by atoms with E-state index in [0.29, 0.717) is 6.42 Å². The number of benzene rings is 2. The van der Waals surface area contributed by atoms with Gasteiger partial charge in [-0.15, -0.1) is 0 Å². The van der Waals surface area contributed by atoms with Crippen LogP contribution in [0.15, 0.2) is 48.5 Å². The highest BCUT2D eigenvalue weighted by atomic mass is 16.1. The molecule has 2 nitrogen and oxygen atoms in total. The number of ketones is 1. The molecule has 0 atom stereocenters.